The van der Waals surface area contributed by atoms with Gasteiger partial charge in [0.2, 0.25) is 0 Å². The molecule has 2 aromatic carbocycles. The largest absolute Gasteiger partial charge is 0.489 e. The van der Waals surface area contributed by atoms with Gasteiger partial charge in [-0.05, 0) is 79.5 Å². The molecule has 6 heteroatoms. The number of alkyl halides is 3. The van der Waals surface area contributed by atoms with Crippen molar-refractivity contribution in [1.29, 1.82) is 0 Å². The fourth-order valence-corrected chi connectivity index (χ4v) is 3.98. The zero-order chi connectivity index (χ0) is 21.9. The number of ether oxygens (including phenoxy) is 1. The predicted octanol–water partition coefficient (Wildman–Crippen LogP) is 6.36. The summed E-state index contributed by atoms with van der Waals surface area (Å²) in [7, 11) is 0. The molecule has 0 saturated carbocycles. The molecule has 1 aliphatic rings. The lowest BCUT2D eigenvalue weighted by Gasteiger charge is -2.16. The van der Waals surface area contributed by atoms with Crippen molar-refractivity contribution in [1.82, 2.24) is 0 Å². The quantitative estimate of drug-likeness (QED) is 0.569. The van der Waals surface area contributed by atoms with Gasteiger partial charge in [-0.2, -0.15) is 13.2 Å². The summed E-state index contributed by atoms with van der Waals surface area (Å²) in [6.07, 6.45) is -2.29. The van der Waals surface area contributed by atoms with Crippen LogP contribution in [-0.2, 0) is 17.4 Å². The van der Waals surface area contributed by atoms with Crippen LogP contribution in [0, 0.1) is 13.8 Å². The van der Waals surface area contributed by atoms with Crippen molar-refractivity contribution in [3.63, 3.8) is 0 Å². The molecule has 1 N–H and O–H groups in total. The van der Waals surface area contributed by atoms with E-state index in [9.17, 15) is 18.0 Å². The summed E-state index contributed by atoms with van der Waals surface area (Å²) in [5.41, 5.74) is 5.02. The van der Waals surface area contributed by atoms with E-state index in [0.29, 0.717) is 0 Å². The molecule has 0 fully saturated rings. The van der Waals surface area contributed by atoms with E-state index in [1.807, 2.05) is 6.92 Å². The molecule has 0 aromatic heterocycles. The third-order valence-electron chi connectivity index (χ3n) is 5.45. The van der Waals surface area contributed by atoms with Gasteiger partial charge in [-0.3, -0.25) is 4.79 Å². The molecule has 3 nitrogen and oxygen atoms in total. The lowest BCUT2D eigenvalue weighted by atomic mass is 9.96. The Morgan fingerprint density at radius 2 is 1.87 bits per heavy atom. The summed E-state index contributed by atoms with van der Waals surface area (Å²) in [5, 5.41) is 8.77. The maximum atomic E-state index is 13.4. The Kier molecular flexibility index (Phi) is 6.54. The van der Waals surface area contributed by atoms with Crippen molar-refractivity contribution in [2.45, 2.75) is 52.1 Å². The van der Waals surface area contributed by atoms with Crippen LogP contribution in [0.25, 0.3) is 5.57 Å². The Bertz CT molecular complexity index is 974. The number of allylic oxidation sites excluding steroid dienone is 1. The molecular weight excluding hydrogens is 393 g/mol. The summed E-state index contributed by atoms with van der Waals surface area (Å²) in [5.74, 6) is -0.990. The minimum atomic E-state index is -4.57. The van der Waals surface area contributed by atoms with Gasteiger partial charge >= 0.3 is 12.1 Å². The second-order valence-electron chi connectivity index (χ2n) is 7.75. The Balaban J connectivity index is 1.81. The third kappa shape index (κ3) is 5.23. The van der Waals surface area contributed by atoms with Gasteiger partial charge in [0.05, 0.1) is 5.56 Å². The van der Waals surface area contributed by atoms with Crippen molar-refractivity contribution >= 4 is 11.5 Å². The molecule has 0 bridgehead atoms. The number of hydrogen-bond acceptors (Lipinski definition) is 2. The Morgan fingerprint density at radius 1 is 1.10 bits per heavy atom. The number of rotatable bonds is 7. The van der Waals surface area contributed by atoms with Gasteiger partial charge in [-0.25, -0.2) is 0 Å². The summed E-state index contributed by atoms with van der Waals surface area (Å²) in [6.45, 7) is 4.36. The highest BCUT2D eigenvalue weighted by Gasteiger charge is 2.34. The summed E-state index contributed by atoms with van der Waals surface area (Å²) < 4.78 is 46.1. The monoisotopic (exact) mass is 418 g/mol. The van der Waals surface area contributed by atoms with Gasteiger partial charge < -0.3 is 9.84 Å². The Hall–Kier alpha value is -2.76. The van der Waals surface area contributed by atoms with Crippen LogP contribution < -0.4 is 4.74 Å². The number of carbonyl (C=O) groups is 1. The topological polar surface area (TPSA) is 46.5 Å². The first-order chi connectivity index (χ1) is 14.1. The molecular formula is C24H25F3O3. The van der Waals surface area contributed by atoms with Crippen LogP contribution in [0.15, 0.2) is 42.0 Å². The normalized spacial score (nSPS) is 14.3. The Morgan fingerprint density at radius 3 is 2.53 bits per heavy atom. The van der Waals surface area contributed by atoms with Gasteiger partial charge in [0.1, 0.15) is 12.4 Å². The molecule has 2 aromatic rings. The second-order valence-corrected chi connectivity index (χ2v) is 7.75. The Labute approximate surface area is 174 Å². The predicted molar refractivity (Wildman–Crippen MR) is 110 cm³/mol. The van der Waals surface area contributed by atoms with Crippen LogP contribution in [0.2, 0.25) is 0 Å². The molecule has 3 rings (SSSR count). The van der Waals surface area contributed by atoms with Crippen molar-refractivity contribution < 1.29 is 27.8 Å². The average molecular weight is 418 g/mol. The van der Waals surface area contributed by atoms with Crippen molar-refractivity contribution in [3.8, 4) is 5.75 Å². The highest BCUT2D eigenvalue weighted by Crippen LogP contribution is 2.37. The lowest BCUT2D eigenvalue weighted by Crippen LogP contribution is -2.11. The SMILES string of the molecule is Cc1ccc(C2=C(COc3ccc(CCC(=O)O)c(C(F)(F)F)c3)CCC2)c(C)c1. The number of aliphatic carboxylic acids is 1. The average Bonchev–Trinajstić information content (AvgIpc) is 3.12. The number of halogens is 3. The molecule has 0 atom stereocenters. The van der Waals surface area contributed by atoms with Crippen LogP contribution >= 0.6 is 0 Å². The van der Waals surface area contributed by atoms with Gasteiger partial charge in [0.15, 0.2) is 0 Å². The van der Waals surface area contributed by atoms with E-state index < -0.39 is 17.7 Å². The smallest absolute Gasteiger partial charge is 0.416 e. The molecule has 0 radical (unpaired) electrons. The minimum absolute atomic E-state index is 0.0340. The van der Waals surface area contributed by atoms with Gasteiger partial charge in [0, 0.05) is 6.42 Å². The van der Waals surface area contributed by atoms with Crippen LogP contribution in [-0.4, -0.2) is 17.7 Å². The number of hydrogen-bond donors (Lipinski definition) is 1. The van der Waals surface area contributed by atoms with Gasteiger partial charge in [-0.1, -0.05) is 29.8 Å². The lowest BCUT2D eigenvalue weighted by molar-refractivity contribution is -0.140. The van der Waals surface area contributed by atoms with E-state index in [4.69, 9.17) is 9.84 Å². The third-order valence-corrected chi connectivity index (χ3v) is 5.45. The van der Waals surface area contributed by atoms with Crippen LogP contribution in [0.4, 0.5) is 13.2 Å². The minimum Gasteiger partial charge on any atom is -0.489 e. The molecule has 1 aliphatic carbocycles. The molecule has 160 valence electrons. The van der Waals surface area contributed by atoms with Gasteiger partial charge in [-0.15, -0.1) is 0 Å². The van der Waals surface area contributed by atoms with Crippen LogP contribution in [0.5, 0.6) is 5.75 Å². The van der Waals surface area contributed by atoms with Crippen LogP contribution in [0.3, 0.4) is 0 Å². The second kappa shape index (κ2) is 8.94. The van der Waals surface area contributed by atoms with E-state index in [2.05, 4.69) is 25.1 Å². The van der Waals surface area contributed by atoms with Crippen molar-refractivity contribution in [2.75, 3.05) is 6.61 Å². The van der Waals surface area contributed by atoms with E-state index in [-0.39, 0.29) is 30.8 Å². The van der Waals surface area contributed by atoms with E-state index in [1.54, 1.807) is 0 Å². The van der Waals surface area contributed by atoms with Crippen molar-refractivity contribution in [2.24, 2.45) is 0 Å². The highest BCUT2D eigenvalue weighted by atomic mass is 19.4. The fraction of sp³-hybridized carbons (Fsp3) is 0.375. The standard InChI is InChI=1S/C24H25F3O3/c1-15-6-10-20(16(2)12-15)21-5-3-4-18(21)14-30-19-9-7-17(8-11-23(28)29)22(13-19)24(25,26)27/h6-7,9-10,12-13H,3-5,8,11,14H2,1-2H3,(H,28,29). The molecule has 0 aliphatic heterocycles. The molecule has 0 heterocycles. The molecule has 0 amide bonds. The van der Waals surface area contributed by atoms with Crippen LogP contribution in [0.1, 0.15) is 53.5 Å². The fourth-order valence-electron chi connectivity index (χ4n) is 3.98. The molecule has 0 unspecified atom stereocenters. The molecule has 0 spiro atoms. The maximum Gasteiger partial charge on any atom is 0.416 e. The zero-order valence-electron chi connectivity index (χ0n) is 17.1. The molecule has 0 saturated heterocycles. The first kappa shape index (κ1) is 21.9. The zero-order valence-corrected chi connectivity index (χ0v) is 17.1. The first-order valence-electron chi connectivity index (χ1n) is 9.98. The summed E-state index contributed by atoms with van der Waals surface area (Å²) >= 11 is 0. The number of carboxylic acid groups (broad SMARTS) is 1. The summed E-state index contributed by atoms with van der Waals surface area (Å²) in [6, 6.07) is 10.1. The highest BCUT2D eigenvalue weighted by molar-refractivity contribution is 5.73. The number of carboxylic acids is 1. The number of aryl methyl sites for hydroxylation is 3. The van der Waals surface area contributed by atoms with E-state index >= 15 is 0 Å². The van der Waals surface area contributed by atoms with Gasteiger partial charge in [0.25, 0.3) is 0 Å². The molecule has 30 heavy (non-hydrogen) atoms. The summed E-state index contributed by atoms with van der Waals surface area (Å²) in [4.78, 5) is 10.7. The van der Waals surface area contributed by atoms with E-state index in [0.717, 1.165) is 30.9 Å². The van der Waals surface area contributed by atoms with Crippen molar-refractivity contribution in [3.05, 3.63) is 69.8 Å². The van der Waals surface area contributed by atoms with E-state index in [1.165, 1.54) is 34.4 Å². The number of benzene rings is 2. The maximum absolute atomic E-state index is 13.4. The first-order valence-corrected chi connectivity index (χ1v) is 9.98.